The van der Waals surface area contributed by atoms with Gasteiger partial charge in [0, 0.05) is 31.6 Å². The molecule has 2 heterocycles. The maximum atomic E-state index is 9.08. The molecule has 0 amide bonds. The van der Waals surface area contributed by atoms with Gasteiger partial charge >= 0.3 is 0 Å². The Morgan fingerprint density at radius 2 is 2.19 bits per heavy atom. The summed E-state index contributed by atoms with van der Waals surface area (Å²) < 4.78 is 1.70. The Labute approximate surface area is 122 Å². The Morgan fingerprint density at radius 1 is 1.33 bits per heavy atom. The van der Waals surface area contributed by atoms with Crippen LogP contribution in [-0.2, 0) is 0 Å². The number of imidazole rings is 1. The van der Waals surface area contributed by atoms with Crippen LogP contribution < -0.4 is 10.6 Å². The minimum atomic E-state index is 0.151. The number of rotatable bonds is 6. The van der Waals surface area contributed by atoms with Crippen molar-refractivity contribution < 1.29 is 5.11 Å². The second-order valence-electron chi connectivity index (χ2n) is 5.12. The Balaban J connectivity index is 1.91. The molecular weight excluding hydrogens is 270 g/mol. The highest BCUT2D eigenvalue weighted by Crippen LogP contribution is 2.28. The lowest BCUT2D eigenvalue weighted by atomic mass is 9.91. The molecule has 0 aliphatic heterocycles. The monoisotopic (exact) mass is 289 g/mol. The number of aromatic nitrogens is 5. The molecule has 0 spiro atoms. The van der Waals surface area contributed by atoms with Crippen molar-refractivity contribution in [2.75, 3.05) is 23.8 Å². The number of hydrogen-bond acceptors (Lipinski definition) is 7. The minimum absolute atomic E-state index is 0.151. The number of anilines is 2. The van der Waals surface area contributed by atoms with Gasteiger partial charge in [-0.25, -0.2) is 4.98 Å². The van der Waals surface area contributed by atoms with Gasteiger partial charge in [-0.1, -0.05) is 0 Å². The summed E-state index contributed by atoms with van der Waals surface area (Å²) in [6.45, 7) is 0.867. The van der Waals surface area contributed by atoms with E-state index in [1.54, 1.807) is 23.3 Å². The predicted octanol–water partition coefficient (Wildman–Crippen LogP) is 0.381. The molecule has 0 atom stereocenters. The van der Waals surface area contributed by atoms with Crippen molar-refractivity contribution in [1.82, 2.24) is 24.5 Å². The molecule has 1 saturated carbocycles. The lowest BCUT2D eigenvalue weighted by Gasteiger charge is -2.37. The fourth-order valence-corrected chi connectivity index (χ4v) is 2.38. The maximum Gasteiger partial charge on any atom is 0.241 e. The lowest BCUT2D eigenvalue weighted by Crippen LogP contribution is -2.42. The first-order valence-electron chi connectivity index (χ1n) is 7.15. The molecule has 8 nitrogen and oxygen atoms in total. The third kappa shape index (κ3) is 2.94. The molecule has 112 valence electrons. The summed E-state index contributed by atoms with van der Waals surface area (Å²) in [6.07, 6.45) is 9.20. The predicted molar refractivity (Wildman–Crippen MR) is 78.0 cm³/mol. The van der Waals surface area contributed by atoms with Crippen LogP contribution in [0.2, 0.25) is 0 Å². The average Bonchev–Trinajstić information content (AvgIpc) is 2.94. The zero-order valence-corrected chi connectivity index (χ0v) is 11.8. The molecule has 0 unspecified atom stereocenters. The molecule has 1 aliphatic carbocycles. The van der Waals surface area contributed by atoms with Gasteiger partial charge in [0.05, 0.1) is 0 Å². The quantitative estimate of drug-likeness (QED) is 0.791. The summed E-state index contributed by atoms with van der Waals surface area (Å²) in [5.74, 6) is 1.23. The SMILES string of the molecule is Nc1nc(N(CCCO)C2CCC2)nc(-n2ccnc2)n1. The Hall–Kier alpha value is -2.22. The van der Waals surface area contributed by atoms with Gasteiger partial charge in [0.2, 0.25) is 17.8 Å². The summed E-state index contributed by atoms with van der Waals surface area (Å²) in [5, 5.41) is 9.08. The highest BCUT2D eigenvalue weighted by molar-refractivity contribution is 5.39. The zero-order chi connectivity index (χ0) is 14.7. The van der Waals surface area contributed by atoms with E-state index < -0.39 is 0 Å². The van der Waals surface area contributed by atoms with E-state index in [-0.39, 0.29) is 12.6 Å². The van der Waals surface area contributed by atoms with Crippen molar-refractivity contribution in [3.8, 4) is 5.95 Å². The fraction of sp³-hybridized carbons (Fsp3) is 0.538. The number of hydrogen-bond donors (Lipinski definition) is 2. The summed E-state index contributed by atoms with van der Waals surface area (Å²) in [7, 11) is 0. The van der Waals surface area contributed by atoms with E-state index >= 15 is 0 Å². The lowest BCUT2D eigenvalue weighted by molar-refractivity contribution is 0.282. The first-order chi connectivity index (χ1) is 10.3. The summed E-state index contributed by atoms with van der Waals surface area (Å²) >= 11 is 0. The Bertz CT molecular complexity index is 582. The summed E-state index contributed by atoms with van der Waals surface area (Å²) in [5.41, 5.74) is 5.82. The second kappa shape index (κ2) is 6.04. The van der Waals surface area contributed by atoms with E-state index in [9.17, 15) is 0 Å². The topological polar surface area (TPSA) is 106 Å². The molecule has 3 rings (SSSR count). The number of aliphatic hydroxyl groups excluding tert-OH is 1. The third-order valence-corrected chi connectivity index (χ3v) is 3.69. The smallest absolute Gasteiger partial charge is 0.241 e. The van der Waals surface area contributed by atoms with Gasteiger partial charge in [0.15, 0.2) is 0 Å². The molecular formula is C13H19N7O. The summed E-state index contributed by atoms with van der Waals surface area (Å²) in [6, 6.07) is 0.425. The molecule has 1 aliphatic rings. The van der Waals surface area contributed by atoms with Crippen molar-refractivity contribution in [3.63, 3.8) is 0 Å². The number of nitrogens with two attached hydrogens (primary N) is 1. The van der Waals surface area contributed by atoms with Crippen LogP contribution in [0, 0.1) is 0 Å². The largest absolute Gasteiger partial charge is 0.396 e. The standard InChI is InChI=1S/C13H19N7O/c14-11-16-12(19-7-5-15-9-19)18-13(17-11)20(6-2-8-21)10-3-1-4-10/h5,7,9-10,21H,1-4,6,8H2,(H2,14,16,17,18). The van der Waals surface area contributed by atoms with Crippen molar-refractivity contribution in [1.29, 1.82) is 0 Å². The third-order valence-electron chi connectivity index (χ3n) is 3.69. The molecule has 3 N–H and O–H groups in total. The Morgan fingerprint density at radius 3 is 2.81 bits per heavy atom. The van der Waals surface area contributed by atoms with Crippen LogP contribution in [0.15, 0.2) is 18.7 Å². The second-order valence-corrected chi connectivity index (χ2v) is 5.12. The highest BCUT2D eigenvalue weighted by atomic mass is 16.3. The van der Waals surface area contributed by atoms with Gasteiger partial charge in [0.1, 0.15) is 6.33 Å². The van der Waals surface area contributed by atoms with Gasteiger partial charge in [-0.05, 0) is 25.7 Å². The first kappa shape index (κ1) is 13.7. The highest BCUT2D eigenvalue weighted by Gasteiger charge is 2.27. The minimum Gasteiger partial charge on any atom is -0.396 e. The van der Waals surface area contributed by atoms with E-state index in [2.05, 4.69) is 24.8 Å². The Kier molecular flexibility index (Phi) is 3.96. The molecule has 0 saturated heterocycles. The van der Waals surface area contributed by atoms with Crippen molar-refractivity contribution in [2.45, 2.75) is 31.7 Å². The fourth-order valence-electron chi connectivity index (χ4n) is 2.38. The molecule has 21 heavy (non-hydrogen) atoms. The normalized spacial score (nSPS) is 14.9. The van der Waals surface area contributed by atoms with Crippen LogP contribution in [0.1, 0.15) is 25.7 Å². The molecule has 1 fully saturated rings. The van der Waals surface area contributed by atoms with Gasteiger partial charge in [-0.15, -0.1) is 0 Å². The van der Waals surface area contributed by atoms with Gasteiger partial charge < -0.3 is 15.7 Å². The van der Waals surface area contributed by atoms with Crippen LogP contribution in [0.5, 0.6) is 0 Å². The van der Waals surface area contributed by atoms with Crippen molar-refractivity contribution in [3.05, 3.63) is 18.7 Å². The van der Waals surface area contributed by atoms with E-state index in [1.807, 2.05) is 0 Å². The van der Waals surface area contributed by atoms with Gasteiger partial charge in [-0.2, -0.15) is 15.0 Å². The van der Waals surface area contributed by atoms with E-state index in [1.165, 1.54) is 6.42 Å². The van der Waals surface area contributed by atoms with Gasteiger partial charge in [-0.3, -0.25) is 4.57 Å². The molecule has 8 heteroatoms. The number of aliphatic hydroxyl groups is 1. The first-order valence-corrected chi connectivity index (χ1v) is 7.15. The molecule has 0 radical (unpaired) electrons. The maximum absolute atomic E-state index is 9.08. The zero-order valence-electron chi connectivity index (χ0n) is 11.8. The average molecular weight is 289 g/mol. The van der Waals surface area contributed by atoms with E-state index in [0.29, 0.717) is 30.9 Å². The van der Waals surface area contributed by atoms with Crippen LogP contribution in [0.25, 0.3) is 5.95 Å². The van der Waals surface area contributed by atoms with Crippen LogP contribution >= 0.6 is 0 Å². The van der Waals surface area contributed by atoms with Crippen molar-refractivity contribution in [2.24, 2.45) is 0 Å². The van der Waals surface area contributed by atoms with E-state index in [4.69, 9.17) is 10.8 Å². The van der Waals surface area contributed by atoms with Crippen LogP contribution in [-0.4, -0.2) is 48.8 Å². The van der Waals surface area contributed by atoms with Crippen molar-refractivity contribution >= 4 is 11.9 Å². The van der Waals surface area contributed by atoms with Crippen LogP contribution in [0.4, 0.5) is 11.9 Å². The molecule has 0 bridgehead atoms. The van der Waals surface area contributed by atoms with E-state index in [0.717, 1.165) is 12.8 Å². The van der Waals surface area contributed by atoms with Crippen LogP contribution in [0.3, 0.4) is 0 Å². The number of nitrogen functional groups attached to an aromatic ring is 1. The molecule has 2 aromatic rings. The molecule has 2 aromatic heterocycles. The molecule has 0 aromatic carbocycles. The number of nitrogens with zero attached hydrogens (tertiary/aromatic N) is 6. The summed E-state index contributed by atoms with van der Waals surface area (Å²) in [4.78, 5) is 19.0. The van der Waals surface area contributed by atoms with Gasteiger partial charge in [0.25, 0.3) is 0 Å².